The zero-order valence-electron chi connectivity index (χ0n) is 14.8. The van der Waals surface area contributed by atoms with E-state index >= 15 is 0 Å². The van der Waals surface area contributed by atoms with Gasteiger partial charge in [-0.25, -0.2) is 9.98 Å². The topological polar surface area (TPSA) is 49.3 Å². The van der Waals surface area contributed by atoms with Crippen molar-refractivity contribution in [2.45, 2.75) is 40.0 Å². The second kappa shape index (κ2) is 10.1. The van der Waals surface area contributed by atoms with Gasteiger partial charge in [-0.3, -0.25) is 0 Å². The molecule has 0 fully saturated rings. The summed E-state index contributed by atoms with van der Waals surface area (Å²) in [5.41, 5.74) is 1.08. The average Bonchev–Trinajstić information content (AvgIpc) is 2.88. The lowest BCUT2D eigenvalue weighted by molar-refractivity contribution is -0.137. The lowest BCUT2D eigenvalue weighted by Crippen LogP contribution is -2.36. The molecule has 0 aliphatic heterocycles. The molecule has 0 saturated heterocycles. The molecular formula is C17H22F3IN4S. The first-order chi connectivity index (χ1) is 11.8. The number of nitrogens with one attached hydrogen (secondary N) is 2. The number of aliphatic imine (C=N–C) groups is 1. The van der Waals surface area contributed by atoms with Crippen molar-refractivity contribution in [1.29, 1.82) is 0 Å². The number of hydrogen-bond acceptors (Lipinski definition) is 3. The predicted octanol–water partition coefficient (Wildman–Crippen LogP) is 4.65. The summed E-state index contributed by atoms with van der Waals surface area (Å²) in [6, 6.07) is 5.05. The van der Waals surface area contributed by atoms with E-state index in [4.69, 9.17) is 0 Å². The molecule has 0 spiro atoms. The van der Waals surface area contributed by atoms with E-state index < -0.39 is 11.7 Å². The number of rotatable bonds is 5. The van der Waals surface area contributed by atoms with E-state index in [1.807, 2.05) is 20.8 Å². The molecule has 4 nitrogen and oxygen atoms in total. The van der Waals surface area contributed by atoms with Crippen LogP contribution in [-0.4, -0.2) is 17.5 Å². The lowest BCUT2D eigenvalue weighted by atomic mass is 10.1. The zero-order valence-corrected chi connectivity index (χ0v) is 17.9. The number of halogens is 4. The molecule has 0 aliphatic carbocycles. The monoisotopic (exact) mass is 498 g/mol. The lowest BCUT2D eigenvalue weighted by Gasteiger charge is -2.10. The van der Waals surface area contributed by atoms with Gasteiger partial charge in [0.25, 0.3) is 0 Å². The number of hydrogen-bond donors (Lipinski definition) is 2. The Hall–Kier alpha value is -1.36. The van der Waals surface area contributed by atoms with Crippen molar-refractivity contribution in [1.82, 2.24) is 15.6 Å². The Morgan fingerprint density at radius 1 is 1.15 bits per heavy atom. The van der Waals surface area contributed by atoms with Gasteiger partial charge in [0.1, 0.15) is 5.01 Å². The first-order valence-corrected chi connectivity index (χ1v) is 8.72. The summed E-state index contributed by atoms with van der Waals surface area (Å²) in [6.07, 6.45) is -4.32. The molecule has 0 aliphatic rings. The highest BCUT2D eigenvalue weighted by Gasteiger charge is 2.29. The van der Waals surface area contributed by atoms with Crippen molar-refractivity contribution < 1.29 is 13.2 Å². The van der Waals surface area contributed by atoms with Crippen LogP contribution in [0.5, 0.6) is 0 Å². The largest absolute Gasteiger partial charge is 0.416 e. The minimum absolute atomic E-state index is 0. The molecule has 2 rings (SSSR count). The van der Waals surface area contributed by atoms with E-state index in [1.54, 1.807) is 11.3 Å². The average molecular weight is 498 g/mol. The van der Waals surface area contributed by atoms with Crippen LogP contribution in [0.4, 0.5) is 13.2 Å². The highest BCUT2D eigenvalue weighted by atomic mass is 127. The molecule has 144 valence electrons. The summed E-state index contributed by atoms with van der Waals surface area (Å²) >= 11 is 1.63. The van der Waals surface area contributed by atoms with Gasteiger partial charge in [-0.15, -0.1) is 35.3 Å². The number of benzene rings is 1. The molecule has 1 aromatic carbocycles. The van der Waals surface area contributed by atoms with Gasteiger partial charge in [0, 0.05) is 11.4 Å². The van der Waals surface area contributed by atoms with Crippen LogP contribution in [0.2, 0.25) is 0 Å². The number of aromatic nitrogens is 1. The molecule has 0 saturated carbocycles. The van der Waals surface area contributed by atoms with E-state index in [9.17, 15) is 13.2 Å². The molecule has 9 heteroatoms. The molecular weight excluding hydrogens is 476 g/mol. The second-order valence-electron chi connectivity index (χ2n) is 5.49. The molecule has 0 unspecified atom stereocenters. The normalized spacial score (nSPS) is 11.8. The van der Waals surface area contributed by atoms with Crippen LogP contribution in [0.1, 0.15) is 33.6 Å². The van der Waals surface area contributed by atoms with Crippen molar-refractivity contribution >= 4 is 41.3 Å². The van der Waals surface area contributed by atoms with Crippen LogP contribution < -0.4 is 10.6 Å². The van der Waals surface area contributed by atoms with Gasteiger partial charge >= 0.3 is 6.18 Å². The van der Waals surface area contributed by atoms with Crippen LogP contribution in [0.25, 0.3) is 0 Å². The van der Waals surface area contributed by atoms with Gasteiger partial charge in [-0.1, -0.05) is 12.1 Å². The minimum atomic E-state index is -4.32. The van der Waals surface area contributed by atoms with Gasteiger partial charge in [0.2, 0.25) is 0 Å². The quantitative estimate of drug-likeness (QED) is 0.359. The standard InChI is InChI=1S/C17H21F3N4S.HI/c1-4-21-16(23-10-15-24-11(2)12(3)25-15)22-9-13-5-7-14(8-6-13)17(18,19)20;/h5-8H,4,9-10H2,1-3H3,(H2,21,22,23);1H. The Labute approximate surface area is 172 Å². The number of aryl methyl sites for hydroxylation is 2. The Bertz CT molecular complexity index is 707. The summed E-state index contributed by atoms with van der Waals surface area (Å²) in [6.45, 7) is 7.49. The fourth-order valence-corrected chi connectivity index (χ4v) is 2.96. The maximum Gasteiger partial charge on any atom is 0.416 e. The predicted molar refractivity (Wildman–Crippen MR) is 110 cm³/mol. The van der Waals surface area contributed by atoms with Crippen molar-refractivity contribution in [2.24, 2.45) is 4.99 Å². The summed E-state index contributed by atoms with van der Waals surface area (Å²) < 4.78 is 37.7. The molecule has 0 radical (unpaired) electrons. The van der Waals surface area contributed by atoms with Crippen LogP contribution in [0.15, 0.2) is 29.3 Å². The smallest absolute Gasteiger partial charge is 0.357 e. The molecule has 26 heavy (non-hydrogen) atoms. The van der Waals surface area contributed by atoms with Crippen molar-refractivity contribution in [3.8, 4) is 0 Å². The summed E-state index contributed by atoms with van der Waals surface area (Å²) in [7, 11) is 0. The molecule has 2 N–H and O–H groups in total. The third-order valence-electron chi connectivity index (χ3n) is 3.53. The highest BCUT2D eigenvalue weighted by Crippen LogP contribution is 2.29. The molecule has 2 aromatic rings. The fraction of sp³-hybridized carbons (Fsp3) is 0.412. The first kappa shape index (κ1) is 22.7. The number of thiazole rings is 1. The fourth-order valence-electron chi connectivity index (χ4n) is 2.09. The van der Waals surface area contributed by atoms with Crippen LogP contribution in [0.3, 0.4) is 0 Å². The van der Waals surface area contributed by atoms with E-state index in [-0.39, 0.29) is 24.0 Å². The Morgan fingerprint density at radius 3 is 2.31 bits per heavy atom. The summed E-state index contributed by atoms with van der Waals surface area (Å²) in [5, 5.41) is 7.27. The van der Waals surface area contributed by atoms with E-state index in [0.29, 0.717) is 31.2 Å². The summed E-state index contributed by atoms with van der Waals surface area (Å²) in [5.74, 6) is 0.605. The van der Waals surface area contributed by atoms with Crippen LogP contribution in [-0.2, 0) is 19.3 Å². The van der Waals surface area contributed by atoms with Crippen molar-refractivity contribution in [2.75, 3.05) is 6.54 Å². The zero-order chi connectivity index (χ0) is 18.4. The minimum Gasteiger partial charge on any atom is -0.357 e. The van der Waals surface area contributed by atoms with E-state index in [2.05, 4.69) is 20.6 Å². The Morgan fingerprint density at radius 2 is 1.81 bits per heavy atom. The summed E-state index contributed by atoms with van der Waals surface area (Å²) in [4.78, 5) is 10.1. The van der Waals surface area contributed by atoms with Gasteiger partial charge in [-0.05, 0) is 38.5 Å². The van der Waals surface area contributed by atoms with Gasteiger partial charge < -0.3 is 10.6 Å². The highest BCUT2D eigenvalue weighted by molar-refractivity contribution is 14.0. The Balaban J connectivity index is 0.00000338. The van der Waals surface area contributed by atoms with E-state index in [0.717, 1.165) is 22.8 Å². The van der Waals surface area contributed by atoms with E-state index in [1.165, 1.54) is 17.0 Å². The number of nitrogens with zero attached hydrogens (tertiary/aromatic N) is 2. The van der Waals surface area contributed by atoms with Crippen molar-refractivity contribution in [3.63, 3.8) is 0 Å². The molecule has 1 heterocycles. The molecule has 0 atom stereocenters. The van der Waals surface area contributed by atoms with Gasteiger partial charge in [0.05, 0.1) is 24.3 Å². The maximum atomic E-state index is 12.6. The maximum absolute atomic E-state index is 12.6. The first-order valence-electron chi connectivity index (χ1n) is 7.90. The van der Waals surface area contributed by atoms with Crippen LogP contribution in [0, 0.1) is 13.8 Å². The van der Waals surface area contributed by atoms with Crippen molar-refractivity contribution in [3.05, 3.63) is 51.0 Å². The second-order valence-corrected chi connectivity index (χ2v) is 6.78. The molecule has 1 aromatic heterocycles. The Kier molecular flexibility index (Phi) is 8.81. The van der Waals surface area contributed by atoms with Crippen LogP contribution >= 0.6 is 35.3 Å². The number of alkyl halides is 3. The van der Waals surface area contributed by atoms with Gasteiger partial charge in [-0.2, -0.15) is 13.2 Å². The third-order valence-corrected chi connectivity index (χ3v) is 4.60. The molecule has 0 bridgehead atoms. The van der Waals surface area contributed by atoms with Gasteiger partial charge in [0.15, 0.2) is 5.96 Å². The third kappa shape index (κ3) is 6.75. The molecule has 0 amide bonds. The SMILES string of the molecule is CCNC(=NCc1ccc(C(F)(F)F)cc1)NCc1nc(C)c(C)s1.I. The number of guanidine groups is 1.